The summed E-state index contributed by atoms with van der Waals surface area (Å²) in [5, 5.41) is 0.482. The number of ether oxygens (including phenoxy) is 1. The number of aromatic nitrogens is 2. The number of nitrogens with zero attached hydrogens (tertiary/aromatic N) is 2. The smallest absolute Gasteiger partial charge is 0.297 e. The van der Waals surface area contributed by atoms with Crippen molar-refractivity contribution >= 4 is 26.6 Å². The van der Waals surface area contributed by atoms with E-state index in [0.29, 0.717) is 22.3 Å². The predicted octanol–water partition coefficient (Wildman–Crippen LogP) is 5.47. The van der Waals surface area contributed by atoms with Crippen molar-refractivity contribution < 1.29 is 21.9 Å². The average molecular weight is 441 g/mol. The molecule has 0 saturated carbocycles. The zero-order valence-electron chi connectivity index (χ0n) is 16.3. The van der Waals surface area contributed by atoms with E-state index in [1.807, 2.05) is 6.92 Å². The number of hydrogen-bond donors (Lipinski definition) is 1. The van der Waals surface area contributed by atoms with Crippen LogP contribution in [-0.4, -0.2) is 18.4 Å². The fourth-order valence-electron chi connectivity index (χ4n) is 2.87. The monoisotopic (exact) mass is 441 g/mol. The molecule has 0 fully saturated rings. The van der Waals surface area contributed by atoms with Crippen molar-refractivity contribution in [1.82, 2.24) is 9.97 Å². The van der Waals surface area contributed by atoms with E-state index in [9.17, 15) is 17.2 Å². The van der Waals surface area contributed by atoms with Gasteiger partial charge in [0.05, 0.1) is 15.8 Å². The third kappa shape index (κ3) is 4.61. The molecular formula is C22H17F2N3O3S. The van der Waals surface area contributed by atoms with E-state index in [-0.39, 0.29) is 10.8 Å². The van der Waals surface area contributed by atoms with Crippen LogP contribution in [0.2, 0.25) is 0 Å². The van der Waals surface area contributed by atoms with Gasteiger partial charge in [0, 0.05) is 5.69 Å². The number of hydrogen-bond acceptors (Lipinski definition) is 5. The molecule has 0 spiro atoms. The lowest BCUT2D eigenvalue weighted by Gasteiger charge is -2.11. The van der Waals surface area contributed by atoms with E-state index in [1.54, 1.807) is 36.4 Å². The average Bonchev–Trinajstić information content (AvgIpc) is 2.75. The summed E-state index contributed by atoms with van der Waals surface area (Å²) < 4.78 is 59.5. The summed E-state index contributed by atoms with van der Waals surface area (Å²) in [4.78, 5) is 7.82. The van der Waals surface area contributed by atoms with Gasteiger partial charge < -0.3 is 4.74 Å². The van der Waals surface area contributed by atoms with E-state index in [2.05, 4.69) is 14.7 Å². The number of nitrogens with one attached hydrogen (secondary N) is 1. The van der Waals surface area contributed by atoms with Crippen LogP contribution in [0.3, 0.4) is 0 Å². The lowest BCUT2D eigenvalue weighted by Crippen LogP contribution is -2.12. The second-order valence-corrected chi connectivity index (χ2v) is 8.43. The third-order valence-corrected chi connectivity index (χ3v) is 5.83. The number of para-hydroxylation sites is 1. The Labute approximate surface area is 177 Å². The molecular weight excluding hydrogens is 424 g/mol. The van der Waals surface area contributed by atoms with Gasteiger partial charge in [0.1, 0.15) is 5.75 Å². The van der Waals surface area contributed by atoms with E-state index < -0.39 is 22.3 Å². The standard InChI is InChI=1S/C22H17F2N3O3S/c1-14-6-12-17(13-7-14)31(28,29)27-15-8-10-16(11-9-15)30-22-18-4-2-3-5-19(18)25-21(26-22)20(23)24/h2-13,20,27H,1H3. The molecule has 9 heteroatoms. The van der Waals surface area contributed by atoms with Crippen molar-refractivity contribution in [3.05, 3.63) is 84.2 Å². The summed E-state index contributed by atoms with van der Waals surface area (Å²) in [7, 11) is -3.74. The van der Waals surface area contributed by atoms with Crippen LogP contribution < -0.4 is 9.46 Å². The van der Waals surface area contributed by atoms with Gasteiger partial charge in [0.2, 0.25) is 5.88 Å². The van der Waals surface area contributed by atoms with Crippen LogP contribution >= 0.6 is 0 Å². The van der Waals surface area contributed by atoms with Crippen LogP contribution in [0.25, 0.3) is 10.9 Å². The molecule has 31 heavy (non-hydrogen) atoms. The van der Waals surface area contributed by atoms with Gasteiger partial charge in [-0.25, -0.2) is 22.2 Å². The Hall–Kier alpha value is -3.59. The largest absolute Gasteiger partial charge is 0.438 e. The van der Waals surface area contributed by atoms with Crippen LogP contribution in [0.1, 0.15) is 17.8 Å². The number of rotatable bonds is 6. The van der Waals surface area contributed by atoms with Crippen LogP contribution in [-0.2, 0) is 10.0 Å². The van der Waals surface area contributed by atoms with Gasteiger partial charge in [-0.05, 0) is 55.5 Å². The van der Waals surface area contributed by atoms with Gasteiger partial charge in [0.15, 0.2) is 5.82 Å². The van der Waals surface area contributed by atoms with E-state index in [0.717, 1.165) is 5.56 Å². The highest BCUT2D eigenvalue weighted by molar-refractivity contribution is 7.92. The molecule has 0 radical (unpaired) electrons. The Morgan fingerprint density at radius 2 is 1.58 bits per heavy atom. The summed E-state index contributed by atoms with van der Waals surface area (Å²) in [5.74, 6) is -0.326. The van der Waals surface area contributed by atoms with Crippen molar-refractivity contribution in [2.24, 2.45) is 0 Å². The van der Waals surface area contributed by atoms with Crippen molar-refractivity contribution in [1.29, 1.82) is 0 Å². The summed E-state index contributed by atoms with van der Waals surface area (Å²) in [6.45, 7) is 1.87. The molecule has 0 unspecified atom stereocenters. The molecule has 1 heterocycles. The highest BCUT2D eigenvalue weighted by Gasteiger charge is 2.17. The second-order valence-electron chi connectivity index (χ2n) is 6.75. The Bertz CT molecular complexity index is 1330. The molecule has 0 aliphatic heterocycles. The molecule has 0 saturated heterocycles. The minimum atomic E-state index is -3.74. The summed E-state index contributed by atoms with van der Waals surface area (Å²) in [6, 6.07) is 19.2. The fraction of sp³-hybridized carbons (Fsp3) is 0.0909. The first-order chi connectivity index (χ1) is 14.8. The van der Waals surface area contributed by atoms with Gasteiger partial charge in [-0.1, -0.05) is 29.8 Å². The highest BCUT2D eigenvalue weighted by Crippen LogP contribution is 2.30. The number of fused-ring (bicyclic) bond motifs is 1. The molecule has 0 bridgehead atoms. The molecule has 4 aromatic rings. The number of alkyl halides is 2. The van der Waals surface area contributed by atoms with Gasteiger partial charge >= 0.3 is 0 Å². The molecule has 0 aliphatic carbocycles. The zero-order chi connectivity index (χ0) is 22.0. The minimum Gasteiger partial charge on any atom is -0.438 e. The summed E-state index contributed by atoms with van der Waals surface area (Å²) in [5.41, 5.74) is 1.62. The minimum absolute atomic E-state index is 0.00566. The summed E-state index contributed by atoms with van der Waals surface area (Å²) >= 11 is 0. The maximum atomic E-state index is 13.1. The van der Waals surface area contributed by atoms with E-state index in [1.165, 1.54) is 36.4 Å². The van der Waals surface area contributed by atoms with Crippen LogP contribution in [0.5, 0.6) is 11.6 Å². The molecule has 0 aliphatic rings. The van der Waals surface area contributed by atoms with E-state index >= 15 is 0 Å². The number of benzene rings is 3. The Kier molecular flexibility index (Phi) is 5.51. The maximum absolute atomic E-state index is 13.1. The van der Waals surface area contributed by atoms with Crippen molar-refractivity contribution in [3.8, 4) is 11.6 Å². The molecule has 0 amide bonds. The molecule has 1 aromatic heterocycles. The van der Waals surface area contributed by atoms with Gasteiger partial charge in [-0.2, -0.15) is 4.98 Å². The predicted molar refractivity (Wildman–Crippen MR) is 113 cm³/mol. The van der Waals surface area contributed by atoms with Gasteiger partial charge in [0.25, 0.3) is 16.4 Å². The van der Waals surface area contributed by atoms with Crippen LogP contribution in [0, 0.1) is 6.92 Å². The van der Waals surface area contributed by atoms with Gasteiger partial charge in [-0.3, -0.25) is 4.72 Å². The first-order valence-electron chi connectivity index (χ1n) is 9.24. The molecule has 3 aromatic carbocycles. The number of anilines is 1. The number of aryl methyl sites for hydroxylation is 1. The highest BCUT2D eigenvalue weighted by atomic mass is 32.2. The first kappa shape index (κ1) is 20.7. The number of sulfonamides is 1. The van der Waals surface area contributed by atoms with Crippen molar-refractivity contribution in [3.63, 3.8) is 0 Å². The normalized spacial score (nSPS) is 11.6. The molecule has 0 atom stereocenters. The molecule has 6 nitrogen and oxygen atoms in total. The molecule has 1 N–H and O–H groups in total. The quantitative estimate of drug-likeness (QED) is 0.429. The zero-order valence-corrected chi connectivity index (χ0v) is 17.1. The maximum Gasteiger partial charge on any atom is 0.297 e. The lowest BCUT2D eigenvalue weighted by atomic mass is 10.2. The number of halogens is 2. The van der Waals surface area contributed by atoms with Crippen molar-refractivity contribution in [2.75, 3.05) is 4.72 Å². The van der Waals surface area contributed by atoms with Crippen LogP contribution in [0.15, 0.2) is 77.7 Å². The Morgan fingerprint density at radius 3 is 2.26 bits per heavy atom. The lowest BCUT2D eigenvalue weighted by molar-refractivity contribution is 0.140. The SMILES string of the molecule is Cc1ccc(S(=O)(=O)Nc2ccc(Oc3nc(C(F)F)nc4ccccc34)cc2)cc1. The third-order valence-electron chi connectivity index (χ3n) is 4.43. The first-order valence-corrected chi connectivity index (χ1v) is 10.7. The van der Waals surface area contributed by atoms with E-state index in [4.69, 9.17) is 4.74 Å². The second kappa shape index (κ2) is 8.27. The van der Waals surface area contributed by atoms with Crippen molar-refractivity contribution in [2.45, 2.75) is 18.2 Å². The Morgan fingerprint density at radius 1 is 0.903 bits per heavy atom. The molecule has 158 valence electrons. The van der Waals surface area contributed by atoms with Gasteiger partial charge in [-0.15, -0.1) is 0 Å². The molecule has 4 rings (SSSR count). The van der Waals surface area contributed by atoms with Crippen LogP contribution in [0.4, 0.5) is 14.5 Å². The Balaban J connectivity index is 1.57. The summed E-state index contributed by atoms with van der Waals surface area (Å²) in [6.07, 6.45) is -2.84. The fourth-order valence-corrected chi connectivity index (χ4v) is 3.93. The topological polar surface area (TPSA) is 81.2 Å².